The predicted octanol–water partition coefficient (Wildman–Crippen LogP) is 3.65. The summed E-state index contributed by atoms with van der Waals surface area (Å²) in [5, 5.41) is 17.9. The van der Waals surface area contributed by atoms with Gasteiger partial charge in [0.2, 0.25) is 0 Å². The van der Waals surface area contributed by atoms with E-state index in [1.165, 1.54) is 0 Å². The van der Waals surface area contributed by atoms with Gasteiger partial charge in [0.05, 0.1) is 6.10 Å². The van der Waals surface area contributed by atoms with Crippen LogP contribution in [0.5, 0.6) is 0 Å². The van der Waals surface area contributed by atoms with Gasteiger partial charge in [-0.25, -0.2) is 9.78 Å². The maximum absolute atomic E-state index is 12.0. The molecule has 5 nitrogen and oxygen atoms in total. The van der Waals surface area contributed by atoms with Crippen LogP contribution in [0.3, 0.4) is 0 Å². The molecule has 0 radical (unpaired) electrons. The molecule has 0 aliphatic heterocycles. The number of aryl methyl sites for hydroxylation is 1. The first-order chi connectivity index (χ1) is 10.9. The van der Waals surface area contributed by atoms with Crippen molar-refractivity contribution in [3.05, 3.63) is 35.3 Å². The summed E-state index contributed by atoms with van der Waals surface area (Å²) in [6.07, 6.45) is 0.312. The topological polar surface area (TPSA) is 74.2 Å². The highest BCUT2D eigenvalue weighted by Crippen LogP contribution is 2.25. The Hall–Kier alpha value is -1.92. The molecule has 1 aromatic heterocycles. The molecular formula is C17H23N3O2S. The minimum Gasteiger partial charge on any atom is -0.393 e. The molecule has 0 fully saturated rings. The average molecular weight is 333 g/mol. The Morgan fingerprint density at radius 2 is 2.17 bits per heavy atom. The molecule has 124 valence electrons. The second-order valence-corrected chi connectivity index (χ2v) is 6.76. The molecule has 0 saturated heterocycles. The number of nitrogens with one attached hydrogen (secondary N) is 2. The summed E-state index contributed by atoms with van der Waals surface area (Å²) in [6, 6.07) is 7.40. The average Bonchev–Trinajstić information content (AvgIpc) is 2.91. The fourth-order valence-corrected chi connectivity index (χ4v) is 3.12. The number of aromatic nitrogens is 1. The standard InChI is InChI=1S/C17H23N3O2S/c1-11(7-13(3)21)9-18-17(22)20-15-6-4-5-14(8-15)16-19-12(2)10-23-16/h4-6,8,10-11,13,21H,7,9H2,1-3H3,(H2,18,20,22). The van der Waals surface area contributed by atoms with E-state index in [4.69, 9.17) is 0 Å². The second kappa shape index (κ2) is 8.08. The minimum absolute atomic E-state index is 0.227. The molecule has 0 spiro atoms. The van der Waals surface area contributed by atoms with Crippen molar-refractivity contribution in [2.45, 2.75) is 33.3 Å². The lowest BCUT2D eigenvalue weighted by Crippen LogP contribution is -2.33. The van der Waals surface area contributed by atoms with Crippen LogP contribution in [0.15, 0.2) is 29.6 Å². The number of nitrogens with zero attached hydrogens (tertiary/aromatic N) is 1. The lowest BCUT2D eigenvalue weighted by molar-refractivity contribution is 0.163. The molecule has 23 heavy (non-hydrogen) atoms. The summed E-state index contributed by atoms with van der Waals surface area (Å²) in [6.45, 7) is 6.24. The van der Waals surface area contributed by atoms with Gasteiger partial charge in [0, 0.05) is 28.9 Å². The molecule has 6 heteroatoms. The summed E-state index contributed by atoms with van der Waals surface area (Å²) in [7, 11) is 0. The van der Waals surface area contributed by atoms with E-state index < -0.39 is 0 Å². The summed E-state index contributed by atoms with van der Waals surface area (Å²) in [5.41, 5.74) is 2.72. The van der Waals surface area contributed by atoms with Crippen molar-refractivity contribution in [3.63, 3.8) is 0 Å². The maximum atomic E-state index is 12.0. The minimum atomic E-state index is -0.353. The van der Waals surface area contributed by atoms with E-state index in [9.17, 15) is 9.90 Å². The van der Waals surface area contributed by atoms with Crippen LogP contribution in [-0.2, 0) is 0 Å². The fourth-order valence-electron chi connectivity index (χ4n) is 2.32. The first-order valence-electron chi connectivity index (χ1n) is 7.69. The molecular weight excluding hydrogens is 310 g/mol. The first-order valence-corrected chi connectivity index (χ1v) is 8.57. The Kier molecular flexibility index (Phi) is 6.12. The fraction of sp³-hybridized carbons (Fsp3) is 0.412. The van der Waals surface area contributed by atoms with Gasteiger partial charge in [-0.3, -0.25) is 0 Å². The van der Waals surface area contributed by atoms with Crippen LogP contribution >= 0.6 is 11.3 Å². The number of hydrogen-bond acceptors (Lipinski definition) is 4. The predicted molar refractivity (Wildman–Crippen MR) is 94.8 cm³/mol. The molecule has 2 rings (SSSR count). The smallest absolute Gasteiger partial charge is 0.319 e. The Balaban J connectivity index is 1.91. The number of aliphatic hydroxyl groups excluding tert-OH is 1. The molecule has 2 aromatic rings. The highest BCUT2D eigenvalue weighted by atomic mass is 32.1. The highest BCUT2D eigenvalue weighted by molar-refractivity contribution is 7.13. The van der Waals surface area contributed by atoms with Gasteiger partial charge in [0.1, 0.15) is 5.01 Å². The lowest BCUT2D eigenvalue weighted by atomic mass is 10.1. The van der Waals surface area contributed by atoms with E-state index in [0.717, 1.165) is 22.0 Å². The van der Waals surface area contributed by atoms with Crippen molar-refractivity contribution in [2.24, 2.45) is 5.92 Å². The maximum Gasteiger partial charge on any atom is 0.319 e. The van der Waals surface area contributed by atoms with E-state index in [2.05, 4.69) is 15.6 Å². The molecule has 1 heterocycles. The van der Waals surface area contributed by atoms with Crippen LogP contribution in [0.4, 0.5) is 10.5 Å². The zero-order valence-electron chi connectivity index (χ0n) is 13.7. The molecule has 1 aromatic carbocycles. The summed E-state index contributed by atoms with van der Waals surface area (Å²) < 4.78 is 0. The number of aliphatic hydroxyl groups is 1. The van der Waals surface area contributed by atoms with Crippen LogP contribution in [0.25, 0.3) is 10.6 Å². The van der Waals surface area contributed by atoms with E-state index in [1.807, 2.05) is 43.5 Å². The van der Waals surface area contributed by atoms with Crippen molar-refractivity contribution in [1.29, 1.82) is 0 Å². The second-order valence-electron chi connectivity index (χ2n) is 5.90. The number of urea groups is 1. The van der Waals surface area contributed by atoms with Crippen LogP contribution in [0, 0.1) is 12.8 Å². The van der Waals surface area contributed by atoms with Crippen molar-refractivity contribution in [2.75, 3.05) is 11.9 Å². The Bertz CT molecular complexity index is 655. The lowest BCUT2D eigenvalue weighted by Gasteiger charge is -2.14. The number of amides is 2. The van der Waals surface area contributed by atoms with Gasteiger partial charge in [-0.1, -0.05) is 19.1 Å². The first kappa shape index (κ1) is 17.4. The third kappa shape index (κ3) is 5.65. The normalized spacial score (nSPS) is 13.4. The van der Waals surface area contributed by atoms with Gasteiger partial charge in [0.25, 0.3) is 0 Å². The summed E-state index contributed by atoms with van der Waals surface area (Å²) in [5.74, 6) is 0.227. The number of rotatable bonds is 6. The SMILES string of the molecule is Cc1csc(-c2cccc(NC(=O)NCC(C)CC(C)O)c2)n1. The van der Waals surface area contributed by atoms with E-state index >= 15 is 0 Å². The van der Waals surface area contributed by atoms with E-state index in [1.54, 1.807) is 18.3 Å². The molecule has 0 aliphatic rings. The molecule has 3 N–H and O–H groups in total. The number of carbonyl (C=O) groups is 1. The van der Waals surface area contributed by atoms with Crippen molar-refractivity contribution >= 4 is 23.1 Å². The van der Waals surface area contributed by atoms with Crippen LogP contribution in [0.2, 0.25) is 0 Å². The van der Waals surface area contributed by atoms with Crippen LogP contribution in [-0.4, -0.2) is 28.8 Å². The third-order valence-corrected chi connectivity index (χ3v) is 4.35. The monoisotopic (exact) mass is 333 g/mol. The van der Waals surface area contributed by atoms with Crippen LogP contribution in [0.1, 0.15) is 26.0 Å². The zero-order valence-corrected chi connectivity index (χ0v) is 14.5. The number of benzene rings is 1. The zero-order chi connectivity index (χ0) is 16.8. The quantitative estimate of drug-likeness (QED) is 0.755. The van der Waals surface area contributed by atoms with Gasteiger partial charge >= 0.3 is 6.03 Å². The molecule has 0 aliphatic carbocycles. The van der Waals surface area contributed by atoms with Crippen LogP contribution < -0.4 is 10.6 Å². The van der Waals surface area contributed by atoms with Crippen molar-refractivity contribution in [3.8, 4) is 10.6 Å². The number of anilines is 1. The molecule has 2 unspecified atom stereocenters. The van der Waals surface area contributed by atoms with Gasteiger partial charge in [-0.05, 0) is 38.3 Å². The summed E-state index contributed by atoms with van der Waals surface area (Å²) in [4.78, 5) is 16.4. The number of carbonyl (C=O) groups excluding carboxylic acids is 1. The van der Waals surface area contributed by atoms with Gasteiger partial charge < -0.3 is 15.7 Å². The Morgan fingerprint density at radius 3 is 2.83 bits per heavy atom. The van der Waals surface area contributed by atoms with Gasteiger partial charge in [-0.2, -0.15) is 0 Å². The third-order valence-electron chi connectivity index (χ3n) is 3.34. The Labute approximate surface area is 140 Å². The van der Waals surface area contributed by atoms with Crippen molar-refractivity contribution < 1.29 is 9.90 Å². The molecule has 2 atom stereocenters. The molecule has 2 amide bonds. The molecule has 0 saturated carbocycles. The van der Waals surface area contributed by atoms with Crippen molar-refractivity contribution in [1.82, 2.24) is 10.3 Å². The molecule has 0 bridgehead atoms. The van der Waals surface area contributed by atoms with Gasteiger partial charge in [0.15, 0.2) is 0 Å². The Morgan fingerprint density at radius 1 is 1.39 bits per heavy atom. The summed E-state index contributed by atoms with van der Waals surface area (Å²) >= 11 is 1.59. The number of thiazole rings is 1. The number of hydrogen-bond donors (Lipinski definition) is 3. The largest absolute Gasteiger partial charge is 0.393 e. The highest BCUT2D eigenvalue weighted by Gasteiger charge is 2.09. The van der Waals surface area contributed by atoms with E-state index in [0.29, 0.717) is 13.0 Å². The van der Waals surface area contributed by atoms with Gasteiger partial charge in [-0.15, -0.1) is 11.3 Å². The van der Waals surface area contributed by atoms with E-state index in [-0.39, 0.29) is 18.1 Å².